The highest BCUT2D eigenvalue weighted by molar-refractivity contribution is 6.36. The van der Waals surface area contributed by atoms with Crippen LogP contribution in [-0.4, -0.2) is 25.5 Å². The number of carbonyl (C=O) groups is 1. The van der Waals surface area contributed by atoms with Gasteiger partial charge in [0.1, 0.15) is 6.54 Å². The van der Waals surface area contributed by atoms with Gasteiger partial charge in [0.25, 0.3) is 0 Å². The number of nitrogens with zero attached hydrogens (tertiary/aromatic N) is 4. The largest absolute Gasteiger partial charge is 0.308 e. The second-order valence-electron chi connectivity index (χ2n) is 5.00. The van der Waals surface area contributed by atoms with Crippen LogP contribution in [0, 0.1) is 0 Å². The van der Waals surface area contributed by atoms with Crippen LogP contribution < -0.4 is 5.32 Å². The minimum absolute atomic E-state index is 0.0515. The fourth-order valence-electron chi connectivity index (χ4n) is 2.12. The zero-order valence-electron chi connectivity index (χ0n) is 12.3. The van der Waals surface area contributed by atoms with Crippen molar-refractivity contribution in [3.8, 4) is 0 Å². The van der Waals surface area contributed by atoms with Crippen molar-refractivity contribution >= 4 is 46.5 Å². The number of aromatic nitrogens is 4. The monoisotopic (exact) mass is 383 g/mol. The van der Waals surface area contributed by atoms with E-state index in [2.05, 4.69) is 15.5 Å². The molecule has 0 aliphatic rings. The summed E-state index contributed by atoms with van der Waals surface area (Å²) < 4.78 is 3.09. The first kappa shape index (κ1) is 16.8. The van der Waals surface area contributed by atoms with Gasteiger partial charge in [0, 0.05) is 34.1 Å². The second-order valence-corrected chi connectivity index (χ2v) is 6.25. The molecule has 124 valence electrons. The molecule has 0 unspecified atom stereocenters. The predicted molar refractivity (Wildman–Crippen MR) is 93.7 cm³/mol. The first-order chi connectivity index (χ1) is 11.5. The van der Waals surface area contributed by atoms with Crippen LogP contribution in [0.25, 0.3) is 0 Å². The Bertz CT molecular complexity index is 853. The third kappa shape index (κ3) is 4.08. The number of hydrogen-bond acceptors (Lipinski definition) is 3. The van der Waals surface area contributed by atoms with E-state index in [0.717, 1.165) is 5.56 Å². The molecular formula is C15H12Cl3N5O. The normalized spacial score (nSPS) is 10.8. The lowest BCUT2D eigenvalue weighted by Gasteiger charge is -2.07. The van der Waals surface area contributed by atoms with Crippen LogP contribution >= 0.6 is 34.8 Å². The molecule has 0 saturated carbocycles. The molecule has 1 aromatic carbocycles. The Balaban J connectivity index is 1.64. The van der Waals surface area contributed by atoms with Gasteiger partial charge < -0.3 is 5.32 Å². The van der Waals surface area contributed by atoms with Crippen LogP contribution in [-0.2, 0) is 17.9 Å². The molecule has 0 atom stereocenters. The van der Waals surface area contributed by atoms with Gasteiger partial charge in [-0.05, 0) is 12.1 Å². The van der Waals surface area contributed by atoms with E-state index in [1.165, 1.54) is 10.9 Å². The number of carbonyl (C=O) groups excluding carboxylic acids is 1. The Morgan fingerprint density at radius 1 is 1.12 bits per heavy atom. The van der Waals surface area contributed by atoms with E-state index in [0.29, 0.717) is 27.4 Å². The van der Waals surface area contributed by atoms with Gasteiger partial charge in [0.05, 0.1) is 17.8 Å². The van der Waals surface area contributed by atoms with Crippen LogP contribution in [0.2, 0.25) is 15.1 Å². The molecule has 1 amide bonds. The zero-order chi connectivity index (χ0) is 17.1. The molecule has 0 aliphatic carbocycles. The molecule has 9 heteroatoms. The molecule has 3 aromatic rings. The Labute approximate surface area is 152 Å². The van der Waals surface area contributed by atoms with E-state index in [4.69, 9.17) is 34.8 Å². The number of benzene rings is 1. The number of halogens is 3. The lowest BCUT2D eigenvalue weighted by Crippen LogP contribution is -2.19. The van der Waals surface area contributed by atoms with Crippen LogP contribution in [0.3, 0.4) is 0 Å². The minimum Gasteiger partial charge on any atom is -0.308 e. The Hall–Kier alpha value is -2.02. The number of nitrogens with one attached hydrogen (secondary N) is 1. The first-order valence-electron chi connectivity index (χ1n) is 6.95. The molecular weight excluding hydrogens is 373 g/mol. The molecule has 2 aromatic heterocycles. The maximum atomic E-state index is 12.0. The molecule has 3 rings (SSSR count). The van der Waals surface area contributed by atoms with Gasteiger partial charge in [0.2, 0.25) is 5.91 Å². The van der Waals surface area contributed by atoms with Gasteiger partial charge in [0.15, 0.2) is 5.82 Å². The molecule has 2 heterocycles. The average molecular weight is 385 g/mol. The van der Waals surface area contributed by atoms with Crippen molar-refractivity contribution in [1.82, 2.24) is 19.6 Å². The van der Waals surface area contributed by atoms with E-state index in [1.807, 2.05) is 0 Å². The summed E-state index contributed by atoms with van der Waals surface area (Å²) in [6, 6.07) is 7.01. The van der Waals surface area contributed by atoms with E-state index in [-0.39, 0.29) is 12.5 Å². The third-order valence-electron chi connectivity index (χ3n) is 3.20. The summed E-state index contributed by atoms with van der Waals surface area (Å²) in [5, 5.41) is 12.5. The summed E-state index contributed by atoms with van der Waals surface area (Å²) in [4.78, 5) is 12.0. The number of anilines is 1. The SMILES string of the molecule is O=C(Cn1cc(Cl)cn1)Nc1ccn(Cc2c(Cl)cccc2Cl)n1. The van der Waals surface area contributed by atoms with Gasteiger partial charge in [-0.1, -0.05) is 40.9 Å². The van der Waals surface area contributed by atoms with Gasteiger partial charge in [-0.25, -0.2) is 0 Å². The Morgan fingerprint density at radius 3 is 2.54 bits per heavy atom. The summed E-state index contributed by atoms with van der Waals surface area (Å²) >= 11 is 18.1. The quantitative estimate of drug-likeness (QED) is 0.729. The number of rotatable bonds is 5. The smallest absolute Gasteiger partial charge is 0.247 e. The van der Waals surface area contributed by atoms with Crippen molar-refractivity contribution in [2.24, 2.45) is 0 Å². The fourth-order valence-corrected chi connectivity index (χ4v) is 2.79. The van der Waals surface area contributed by atoms with Crippen molar-refractivity contribution in [2.45, 2.75) is 13.1 Å². The average Bonchev–Trinajstić information content (AvgIpc) is 3.12. The molecule has 0 radical (unpaired) electrons. The lowest BCUT2D eigenvalue weighted by molar-refractivity contribution is -0.116. The topological polar surface area (TPSA) is 64.7 Å². The summed E-state index contributed by atoms with van der Waals surface area (Å²) in [5.74, 6) is 0.178. The summed E-state index contributed by atoms with van der Waals surface area (Å²) in [5.41, 5.74) is 0.771. The number of amides is 1. The van der Waals surface area contributed by atoms with Crippen LogP contribution in [0.5, 0.6) is 0 Å². The molecule has 6 nitrogen and oxygen atoms in total. The molecule has 24 heavy (non-hydrogen) atoms. The highest BCUT2D eigenvalue weighted by Gasteiger charge is 2.10. The van der Waals surface area contributed by atoms with Crippen molar-refractivity contribution in [2.75, 3.05) is 5.32 Å². The van der Waals surface area contributed by atoms with Crippen LogP contribution in [0.4, 0.5) is 5.82 Å². The maximum Gasteiger partial charge on any atom is 0.247 e. The fraction of sp³-hybridized carbons (Fsp3) is 0.133. The standard InChI is InChI=1S/C15H12Cl3N5O/c16-10-6-19-23(7-10)9-15(24)20-14-4-5-22(21-14)8-11-12(17)2-1-3-13(11)18/h1-7H,8-9H2,(H,20,21,24). The van der Waals surface area contributed by atoms with Gasteiger partial charge >= 0.3 is 0 Å². The highest BCUT2D eigenvalue weighted by Crippen LogP contribution is 2.25. The molecule has 0 bridgehead atoms. The third-order valence-corrected chi connectivity index (χ3v) is 4.10. The van der Waals surface area contributed by atoms with Crippen molar-refractivity contribution in [3.63, 3.8) is 0 Å². The summed E-state index contributed by atoms with van der Waals surface area (Å²) in [7, 11) is 0. The summed E-state index contributed by atoms with van der Waals surface area (Å²) in [6.45, 7) is 0.457. The lowest BCUT2D eigenvalue weighted by atomic mass is 10.2. The number of hydrogen-bond donors (Lipinski definition) is 1. The Kier molecular flexibility index (Phi) is 5.08. The van der Waals surface area contributed by atoms with Gasteiger partial charge in [-0.3, -0.25) is 14.2 Å². The van der Waals surface area contributed by atoms with E-state index in [1.54, 1.807) is 41.3 Å². The first-order valence-corrected chi connectivity index (χ1v) is 8.09. The molecule has 0 saturated heterocycles. The van der Waals surface area contributed by atoms with Crippen molar-refractivity contribution < 1.29 is 4.79 Å². The van der Waals surface area contributed by atoms with E-state index in [9.17, 15) is 4.79 Å². The van der Waals surface area contributed by atoms with E-state index < -0.39 is 0 Å². The highest BCUT2D eigenvalue weighted by atomic mass is 35.5. The molecule has 0 fully saturated rings. The zero-order valence-corrected chi connectivity index (χ0v) is 14.6. The molecule has 1 N–H and O–H groups in total. The van der Waals surface area contributed by atoms with E-state index >= 15 is 0 Å². The molecule has 0 aliphatic heterocycles. The molecule has 0 spiro atoms. The Morgan fingerprint density at radius 2 is 1.88 bits per heavy atom. The van der Waals surface area contributed by atoms with Gasteiger partial charge in [-0.2, -0.15) is 10.2 Å². The summed E-state index contributed by atoms with van der Waals surface area (Å²) in [6.07, 6.45) is 4.77. The second kappa shape index (κ2) is 7.25. The van der Waals surface area contributed by atoms with Gasteiger partial charge in [-0.15, -0.1) is 0 Å². The van der Waals surface area contributed by atoms with Crippen LogP contribution in [0.15, 0.2) is 42.9 Å². The maximum absolute atomic E-state index is 12.0. The minimum atomic E-state index is -0.254. The van der Waals surface area contributed by atoms with Crippen LogP contribution in [0.1, 0.15) is 5.56 Å². The van der Waals surface area contributed by atoms with Crippen molar-refractivity contribution in [1.29, 1.82) is 0 Å². The van der Waals surface area contributed by atoms with Crippen molar-refractivity contribution in [3.05, 3.63) is 63.5 Å². The predicted octanol–water partition coefficient (Wildman–Crippen LogP) is 3.73.